The van der Waals surface area contributed by atoms with Gasteiger partial charge in [-0.3, -0.25) is 0 Å². The minimum Gasteiger partial charge on any atom is -0.0695 e. The maximum Gasteiger partial charge on any atom is 0.0779 e. The maximum absolute atomic E-state index is 9.64. The fraction of sp³-hybridized carbons (Fsp3) is 0.647. The van der Waals surface area contributed by atoms with Crippen molar-refractivity contribution in [2.24, 2.45) is 0 Å². The molecular weight excluding hydrogens is 2000 g/mol. The molecule has 0 aliphatic rings. The van der Waals surface area contributed by atoms with Crippen LogP contribution < -0.4 is 5.19 Å². The van der Waals surface area contributed by atoms with E-state index < -0.39 is 124 Å². The van der Waals surface area contributed by atoms with Crippen molar-refractivity contribution in [2.75, 3.05) is 0 Å². The Morgan fingerprint density at radius 3 is 0.557 bits per heavy atom. The third kappa shape index (κ3) is 48.3. The first-order valence-electron chi connectivity index (χ1n) is 60.9. The van der Waals surface area contributed by atoms with Gasteiger partial charge in [-0.2, -0.15) is 0 Å². The van der Waals surface area contributed by atoms with Crippen LogP contribution in [0.15, 0.2) is 170 Å². The average molecular weight is 2260 g/mol. The predicted molar refractivity (Wildman–Crippen MR) is 733 cm³/mol. The Morgan fingerprint density at radius 2 is 0.342 bits per heavy atom. The Balaban J connectivity index is 0.000000913. The largest absolute Gasteiger partial charge is 0.0779 e. The van der Waals surface area contributed by atoms with E-state index in [0.717, 1.165) is 43.3 Å². The van der Waals surface area contributed by atoms with Gasteiger partial charge in [0.05, 0.1) is 8.07 Å². The highest BCUT2D eigenvalue weighted by atomic mass is 28.4. The average Bonchev–Trinajstić information content (AvgIpc) is 0.718. The van der Waals surface area contributed by atoms with Crippen LogP contribution in [0.3, 0.4) is 0 Å². The first-order chi connectivity index (χ1) is 68.2. The van der Waals surface area contributed by atoms with Gasteiger partial charge in [0.2, 0.25) is 0 Å². The lowest BCUT2D eigenvalue weighted by molar-refractivity contribution is 0.573. The molecule has 0 fully saturated rings. The standard InChI is InChI=1S/2C26H54Si4.2C18H34Si2.C13H22Si.2C12H18.C11H16/c2*1-26(2,3)25-21(19-23(27(4,5)6)28(7,8)9)17-16-18-22(25)20-24(29(10,11)12)30(13,14)15;2*1-18(2,3)16-13-11-10-12-15(16)14-17(19(4,5)6)20(7,8)9;1-13(2,3)11-9-7-8-10-12(11)14(4,5)6;2*1-9-7-6-8-10(2)11(9)12(3,4)5;1-9-7-5-6-8-10(9)11(2,3)4/h2*16-18,23-24H,19-20H2,1-15H3;2*10-13,17H,14H2,1-9H3;7-10H,1-6H3;2*6-8H,1-5H3;5-8H,1-4H3/i19D2,20D2;;14D2;;;;;. The van der Waals surface area contributed by atoms with Crippen molar-refractivity contribution in [3.63, 3.8) is 0 Å². The molecule has 13 heteroatoms. The minimum absolute atomic E-state index is 0.0273. The van der Waals surface area contributed by atoms with Crippen LogP contribution in [0.25, 0.3) is 0 Å². The van der Waals surface area contributed by atoms with Gasteiger partial charge < -0.3 is 0 Å². The summed E-state index contributed by atoms with van der Waals surface area (Å²) in [6, 6.07) is 61.0. The summed E-state index contributed by atoms with van der Waals surface area (Å²) >= 11 is 0. The van der Waals surface area contributed by atoms with Crippen LogP contribution in [-0.4, -0.2) is 105 Å². The Hall–Kier alpha value is -3.42. The molecule has 846 valence electrons. The van der Waals surface area contributed by atoms with Gasteiger partial charge in [-0.1, -0.05) is 597 Å². The molecule has 0 unspecified atom stereocenters. The van der Waals surface area contributed by atoms with E-state index in [4.69, 9.17) is 2.74 Å². The molecule has 0 aromatic heterocycles. The van der Waals surface area contributed by atoms with E-state index in [2.05, 4.69) is 590 Å². The molecule has 8 aromatic rings. The number of aryl methyl sites for hydroxylation is 5. The summed E-state index contributed by atoms with van der Waals surface area (Å²) in [7, 11) is -19.0. The molecule has 0 heterocycles. The molecule has 0 atom stereocenters. The lowest BCUT2D eigenvalue weighted by atomic mass is 9.79. The molecule has 0 N–H and O–H groups in total. The summed E-state index contributed by atoms with van der Waals surface area (Å²) in [4.78, 5) is 0. The topological polar surface area (TPSA) is 0 Å². The van der Waals surface area contributed by atoms with Gasteiger partial charge in [0.15, 0.2) is 0 Å². The lowest BCUT2D eigenvalue weighted by Gasteiger charge is -2.41. The van der Waals surface area contributed by atoms with Gasteiger partial charge in [0.1, 0.15) is 0 Å². The first-order valence-corrected chi connectivity index (χ1v) is 104. The summed E-state index contributed by atoms with van der Waals surface area (Å²) in [5, 5.41) is 4.64. The second-order valence-electron chi connectivity index (χ2n) is 67.4. The maximum atomic E-state index is 9.64. The summed E-state index contributed by atoms with van der Waals surface area (Å²) in [6.07, 6.45) is -0.334. The second kappa shape index (κ2) is 54.2. The zero-order valence-electron chi connectivity index (χ0n) is 118. The molecular formula is C136H250Si13. The van der Waals surface area contributed by atoms with Crippen LogP contribution in [0.2, 0.25) is 286 Å². The Kier molecular flexibility index (Phi) is 48.1. The zero-order valence-corrected chi connectivity index (χ0v) is 125. The molecule has 0 aliphatic carbocycles. The van der Waals surface area contributed by atoms with E-state index in [1.165, 1.54) is 69.3 Å². The molecule has 0 saturated heterocycles. The van der Waals surface area contributed by atoms with Crippen molar-refractivity contribution in [1.29, 1.82) is 0 Å². The van der Waals surface area contributed by atoms with Crippen LogP contribution in [0.4, 0.5) is 0 Å². The molecule has 149 heavy (non-hydrogen) atoms. The molecule has 0 saturated carbocycles. The number of hydrogen-bond donors (Lipinski definition) is 0. The van der Waals surface area contributed by atoms with E-state index in [9.17, 15) is 5.48 Å². The van der Waals surface area contributed by atoms with Crippen molar-refractivity contribution in [3.05, 3.63) is 276 Å². The van der Waals surface area contributed by atoms with Crippen LogP contribution in [0.5, 0.6) is 0 Å². The minimum atomic E-state index is -1.86. The van der Waals surface area contributed by atoms with E-state index in [0.29, 0.717) is 0 Å². The SMILES string of the molecule is CC(C)(C)c1c(CC([Si](C)(C)C)[Si](C)(C)C)cccc1CC([Si](C)(C)C)[Si](C)(C)C.CC(C)(C)c1ccccc1CC([Si](C)(C)C)[Si](C)(C)C.CC(C)(C)c1ccccc1[Si](C)(C)C.Cc1cccc(C)c1C(C)(C)C.Cc1cccc(C)c1C(C)(C)C.Cc1ccccc1C(C)(C)C.[2H]C([2H])(c1cccc(C([2H])([2H])C([Si](C)(C)C)[Si](C)(C)C)c1C(C)(C)C)C([Si](C)(C)C)[Si](C)(C)C.[2H]C([2H])(c1ccccc1C(C)(C)C)C([Si](C)(C)C)[Si](C)(C)C. The Morgan fingerprint density at radius 1 is 0.168 bits per heavy atom. The molecule has 0 amide bonds. The smallest absolute Gasteiger partial charge is 0.0695 e. The molecule has 0 aliphatic heterocycles. The van der Waals surface area contributed by atoms with Gasteiger partial charge in [-0.05, 0) is 253 Å². The summed E-state index contributed by atoms with van der Waals surface area (Å²) < 4.78 is 56.8. The van der Waals surface area contributed by atoms with Crippen molar-refractivity contribution in [3.8, 4) is 0 Å². The van der Waals surface area contributed by atoms with Gasteiger partial charge in [-0.25, -0.2) is 0 Å². The Bertz CT molecular complexity index is 5350. The van der Waals surface area contributed by atoms with Crippen molar-refractivity contribution < 1.29 is 8.22 Å². The van der Waals surface area contributed by atoms with Gasteiger partial charge in [0.25, 0.3) is 0 Å². The van der Waals surface area contributed by atoms with Crippen molar-refractivity contribution in [2.45, 2.75) is 569 Å². The molecule has 8 aromatic carbocycles. The fourth-order valence-corrected chi connectivity index (χ4v) is 98.2. The molecule has 0 radical (unpaired) electrons. The normalized spacial score (nSPS) is 14.5. The van der Waals surface area contributed by atoms with Crippen LogP contribution >= 0.6 is 0 Å². The number of hydrogen-bond acceptors (Lipinski definition) is 0. The van der Waals surface area contributed by atoms with E-state index in [-0.39, 0.29) is 58.8 Å². The second-order valence-corrected chi connectivity index (χ2v) is 140. The highest BCUT2D eigenvalue weighted by Gasteiger charge is 2.46. The number of rotatable bonds is 25. The van der Waals surface area contributed by atoms with E-state index >= 15 is 0 Å². The fourth-order valence-electron chi connectivity index (χ4n) is 25.5. The third-order valence-corrected chi connectivity index (χ3v) is 88.2. The third-order valence-electron chi connectivity index (χ3n) is 30.0. The molecule has 8 rings (SSSR count). The highest BCUT2D eigenvalue weighted by Crippen LogP contribution is 2.48. The van der Waals surface area contributed by atoms with Crippen molar-refractivity contribution in [1.82, 2.24) is 0 Å². The quantitative estimate of drug-likeness (QED) is 0.0500. The van der Waals surface area contributed by atoms with Crippen LogP contribution in [-0.2, 0) is 81.7 Å². The molecule has 0 spiro atoms. The van der Waals surface area contributed by atoms with Gasteiger partial charge >= 0.3 is 0 Å². The van der Waals surface area contributed by atoms with Crippen LogP contribution in [0, 0.1) is 34.6 Å². The monoisotopic (exact) mass is 2250 g/mol. The zero-order chi connectivity index (χ0) is 123. The van der Waals surface area contributed by atoms with Gasteiger partial charge in [-0.15, -0.1) is 0 Å². The first kappa shape index (κ1) is 132. The van der Waals surface area contributed by atoms with E-state index in [1.54, 1.807) is 33.0 Å². The highest BCUT2D eigenvalue weighted by molar-refractivity contribution is 7.00. The summed E-state index contributed by atoms with van der Waals surface area (Å²) in [5.41, 5.74) is 26.7. The molecule has 0 nitrogen and oxygen atoms in total. The van der Waals surface area contributed by atoms with E-state index in [1.807, 2.05) is 36.4 Å². The Labute approximate surface area is 954 Å². The van der Waals surface area contributed by atoms with Crippen LogP contribution in [0.1, 0.15) is 280 Å². The number of benzene rings is 8. The summed E-state index contributed by atoms with van der Waals surface area (Å²) in [5.74, 6) is 0. The predicted octanol–water partition coefficient (Wildman–Crippen LogP) is 44.7. The molecule has 0 bridgehead atoms. The summed E-state index contributed by atoms with van der Waals surface area (Å²) in [6.45, 7) is 161. The van der Waals surface area contributed by atoms with Crippen molar-refractivity contribution >= 4 is 110 Å². The van der Waals surface area contributed by atoms with Gasteiger partial charge in [0, 0.05) is 105 Å². The lowest BCUT2D eigenvalue weighted by Crippen LogP contribution is -2.46.